The zero-order chi connectivity index (χ0) is 15.7. The summed E-state index contributed by atoms with van der Waals surface area (Å²) in [4.78, 5) is 19.5. The van der Waals surface area contributed by atoms with Crippen molar-refractivity contribution in [2.75, 3.05) is 12.9 Å². The predicted molar refractivity (Wildman–Crippen MR) is 86.5 cm³/mol. The van der Waals surface area contributed by atoms with Crippen LogP contribution in [0.15, 0.2) is 23.0 Å². The maximum atomic E-state index is 12.2. The second kappa shape index (κ2) is 6.16. The molecule has 2 aromatic rings. The largest absolute Gasteiger partial charge is 0.496 e. The highest BCUT2D eigenvalue weighted by atomic mass is 32.2. The number of hydrogen-bond donors (Lipinski definition) is 3. The molecule has 114 valence electrons. The van der Waals surface area contributed by atoms with Gasteiger partial charge in [-0.2, -0.15) is 11.8 Å². The molecule has 1 aliphatic heterocycles. The first kappa shape index (κ1) is 15.1. The van der Waals surface area contributed by atoms with E-state index < -0.39 is 7.12 Å². The van der Waals surface area contributed by atoms with Crippen LogP contribution in [0.25, 0.3) is 11.4 Å². The van der Waals surface area contributed by atoms with Crippen LogP contribution in [0, 0.1) is 0 Å². The molecule has 8 heteroatoms. The molecule has 2 heterocycles. The van der Waals surface area contributed by atoms with E-state index in [4.69, 9.17) is 4.74 Å². The SMILES string of the molecule is COc1cc(B(O)O)ccc1-c1nc2c(c(=O)[nH]1)CSCC2. The topological polar surface area (TPSA) is 95.4 Å². The number of nitrogens with zero attached hydrogens (tertiary/aromatic N) is 1. The molecule has 0 bridgehead atoms. The average molecular weight is 318 g/mol. The van der Waals surface area contributed by atoms with Crippen LogP contribution in [-0.2, 0) is 12.2 Å². The first-order chi connectivity index (χ1) is 10.6. The minimum atomic E-state index is -1.57. The van der Waals surface area contributed by atoms with Crippen LogP contribution in [0.1, 0.15) is 11.3 Å². The predicted octanol–water partition coefficient (Wildman–Crippen LogP) is -0.0854. The van der Waals surface area contributed by atoms with E-state index in [2.05, 4.69) is 9.97 Å². The van der Waals surface area contributed by atoms with Crippen molar-refractivity contribution < 1.29 is 14.8 Å². The quantitative estimate of drug-likeness (QED) is 0.685. The highest BCUT2D eigenvalue weighted by Gasteiger charge is 2.19. The van der Waals surface area contributed by atoms with Crippen molar-refractivity contribution >= 4 is 24.3 Å². The zero-order valence-electron chi connectivity index (χ0n) is 12.0. The fourth-order valence-electron chi connectivity index (χ4n) is 2.43. The van der Waals surface area contributed by atoms with Crippen LogP contribution < -0.4 is 15.8 Å². The Labute approximate surface area is 131 Å². The molecule has 22 heavy (non-hydrogen) atoms. The van der Waals surface area contributed by atoms with Gasteiger partial charge in [0.2, 0.25) is 0 Å². The van der Waals surface area contributed by atoms with Crippen LogP contribution in [0.5, 0.6) is 5.75 Å². The van der Waals surface area contributed by atoms with Crippen molar-refractivity contribution in [1.29, 1.82) is 0 Å². The van der Waals surface area contributed by atoms with Gasteiger partial charge in [-0.25, -0.2) is 4.98 Å². The molecule has 1 aromatic carbocycles. The number of hydrogen-bond acceptors (Lipinski definition) is 6. The number of H-pyrrole nitrogens is 1. The van der Waals surface area contributed by atoms with E-state index in [-0.39, 0.29) is 5.56 Å². The van der Waals surface area contributed by atoms with Gasteiger partial charge in [0, 0.05) is 11.3 Å². The van der Waals surface area contributed by atoms with Gasteiger partial charge in [-0.3, -0.25) is 4.79 Å². The molecule has 0 saturated heterocycles. The van der Waals surface area contributed by atoms with E-state index in [1.54, 1.807) is 23.9 Å². The Balaban J connectivity index is 2.11. The summed E-state index contributed by atoms with van der Waals surface area (Å²) >= 11 is 1.73. The monoisotopic (exact) mass is 318 g/mol. The molecule has 0 saturated carbocycles. The lowest BCUT2D eigenvalue weighted by Gasteiger charge is -2.16. The molecule has 0 atom stereocenters. The summed E-state index contributed by atoms with van der Waals surface area (Å²) in [5.74, 6) is 2.51. The highest BCUT2D eigenvalue weighted by Crippen LogP contribution is 2.27. The average Bonchev–Trinajstić information content (AvgIpc) is 2.54. The van der Waals surface area contributed by atoms with Gasteiger partial charge in [-0.05, 0) is 29.8 Å². The number of thioether (sulfide) groups is 1. The van der Waals surface area contributed by atoms with E-state index in [1.165, 1.54) is 13.2 Å². The lowest BCUT2D eigenvalue weighted by molar-refractivity contribution is 0.413. The van der Waals surface area contributed by atoms with Crippen molar-refractivity contribution in [1.82, 2.24) is 9.97 Å². The Hall–Kier alpha value is -1.77. The Morgan fingerprint density at radius 1 is 1.41 bits per heavy atom. The van der Waals surface area contributed by atoms with Crippen molar-refractivity contribution in [2.45, 2.75) is 12.2 Å². The van der Waals surface area contributed by atoms with E-state index in [0.29, 0.717) is 28.4 Å². The highest BCUT2D eigenvalue weighted by molar-refractivity contribution is 7.98. The Morgan fingerprint density at radius 3 is 2.95 bits per heavy atom. The lowest BCUT2D eigenvalue weighted by atomic mass is 9.80. The van der Waals surface area contributed by atoms with Gasteiger partial charge in [0.1, 0.15) is 11.6 Å². The molecule has 0 fully saturated rings. The second-order valence-corrected chi connectivity index (χ2v) is 6.08. The number of fused-ring (bicyclic) bond motifs is 1. The fraction of sp³-hybridized carbons (Fsp3) is 0.286. The third kappa shape index (κ3) is 2.77. The Bertz CT molecular complexity index is 763. The number of aromatic nitrogens is 2. The summed E-state index contributed by atoms with van der Waals surface area (Å²) in [6, 6.07) is 4.75. The van der Waals surface area contributed by atoms with E-state index in [0.717, 1.165) is 23.4 Å². The number of benzene rings is 1. The van der Waals surface area contributed by atoms with Gasteiger partial charge in [0.25, 0.3) is 5.56 Å². The molecule has 0 aliphatic carbocycles. The van der Waals surface area contributed by atoms with Gasteiger partial charge in [-0.1, -0.05) is 6.07 Å². The van der Waals surface area contributed by atoms with Crippen molar-refractivity contribution in [3.63, 3.8) is 0 Å². The maximum absolute atomic E-state index is 12.2. The fourth-order valence-corrected chi connectivity index (χ4v) is 3.42. The molecule has 0 radical (unpaired) electrons. The van der Waals surface area contributed by atoms with Crippen LogP contribution in [0.3, 0.4) is 0 Å². The standard InChI is InChI=1S/C14H15BN2O4S/c1-21-12-6-8(15(19)20)2-3-9(12)13-16-11-4-5-22-7-10(11)14(18)17-13/h2-3,6,19-20H,4-5,7H2,1H3,(H,16,17,18). The first-order valence-corrected chi connectivity index (χ1v) is 8.00. The summed E-state index contributed by atoms with van der Waals surface area (Å²) in [5, 5.41) is 18.5. The number of nitrogens with one attached hydrogen (secondary N) is 1. The Morgan fingerprint density at radius 2 is 2.23 bits per heavy atom. The van der Waals surface area contributed by atoms with Gasteiger partial charge in [0.15, 0.2) is 0 Å². The van der Waals surface area contributed by atoms with Crippen LogP contribution in [0.2, 0.25) is 0 Å². The summed E-state index contributed by atoms with van der Waals surface area (Å²) in [5.41, 5.74) is 2.37. The lowest BCUT2D eigenvalue weighted by Crippen LogP contribution is -2.29. The smallest absolute Gasteiger partial charge is 0.488 e. The molecule has 1 aromatic heterocycles. The third-order valence-corrected chi connectivity index (χ3v) is 4.60. The minimum absolute atomic E-state index is 0.125. The summed E-state index contributed by atoms with van der Waals surface area (Å²) in [7, 11) is -0.0880. The van der Waals surface area contributed by atoms with Gasteiger partial charge < -0.3 is 19.8 Å². The van der Waals surface area contributed by atoms with Gasteiger partial charge in [-0.15, -0.1) is 0 Å². The maximum Gasteiger partial charge on any atom is 0.488 e. The molecule has 0 amide bonds. The van der Waals surface area contributed by atoms with E-state index in [1.807, 2.05) is 0 Å². The molecule has 0 unspecified atom stereocenters. The molecule has 6 nitrogen and oxygen atoms in total. The van der Waals surface area contributed by atoms with Crippen LogP contribution in [-0.4, -0.2) is 40.0 Å². The second-order valence-electron chi connectivity index (χ2n) is 4.98. The molecule has 3 N–H and O–H groups in total. The minimum Gasteiger partial charge on any atom is -0.496 e. The zero-order valence-corrected chi connectivity index (χ0v) is 12.8. The number of methoxy groups -OCH3 is 1. The number of rotatable bonds is 3. The molecule has 1 aliphatic rings. The Kier molecular flexibility index (Phi) is 4.24. The van der Waals surface area contributed by atoms with E-state index in [9.17, 15) is 14.8 Å². The normalized spacial score (nSPS) is 13.6. The third-order valence-electron chi connectivity index (χ3n) is 3.61. The molecule has 0 spiro atoms. The van der Waals surface area contributed by atoms with Crippen molar-refractivity contribution in [2.24, 2.45) is 0 Å². The van der Waals surface area contributed by atoms with Crippen LogP contribution >= 0.6 is 11.8 Å². The summed E-state index contributed by atoms with van der Waals surface area (Å²) in [6.45, 7) is 0. The summed E-state index contributed by atoms with van der Waals surface area (Å²) < 4.78 is 5.29. The molecular formula is C14H15BN2O4S. The number of aryl methyl sites for hydroxylation is 1. The number of ether oxygens (including phenoxy) is 1. The van der Waals surface area contributed by atoms with Gasteiger partial charge >= 0.3 is 7.12 Å². The van der Waals surface area contributed by atoms with Gasteiger partial charge in [0.05, 0.1) is 18.4 Å². The first-order valence-electron chi connectivity index (χ1n) is 6.84. The summed E-state index contributed by atoms with van der Waals surface area (Å²) in [6.07, 6.45) is 0.771. The number of aromatic amines is 1. The van der Waals surface area contributed by atoms with Crippen molar-refractivity contribution in [3.8, 4) is 17.1 Å². The van der Waals surface area contributed by atoms with Crippen LogP contribution in [0.4, 0.5) is 0 Å². The van der Waals surface area contributed by atoms with Crippen molar-refractivity contribution in [3.05, 3.63) is 39.8 Å². The molecule has 3 rings (SSSR count). The molecular weight excluding hydrogens is 303 g/mol. The van der Waals surface area contributed by atoms with E-state index >= 15 is 0 Å².